The predicted octanol–water partition coefficient (Wildman–Crippen LogP) is 3.52. The Morgan fingerprint density at radius 2 is 1.79 bits per heavy atom. The summed E-state index contributed by atoms with van der Waals surface area (Å²) < 4.78 is 0. The van der Waals surface area contributed by atoms with Crippen LogP contribution < -0.4 is 5.32 Å². The lowest BCUT2D eigenvalue weighted by Crippen LogP contribution is -2.55. The van der Waals surface area contributed by atoms with Crippen molar-refractivity contribution in [1.29, 1.82) is 0 Å². The smallest absolute Gasteiger partial charge is 0.0251 e. The van der Waals surface area contributed by atoms with Crippen LogP contribution in [-0.2, 0) is 0 Å². The number of hydrogen-bond donors (Lipinski definition) is 1. The van der Waals surface area contributed by atoms with Gasteiger partial charge in [-0.3, -0.25) is 4.90 Å². The van der Waals surface area contributed by atoms with Crippen LogP contribution in [0, 0.1) is 17.8 Å². The van der Waals surface area contributed by atoms with Crippen molar-refractivity contribution in [1.82, 2.24) is 10.2 Å². The number of rotatable bonds is 4. The summed E-state index contributed by atoms with van der Waals surface area (Å²) in [5.41, 5.74) is 0. The molecule has 0 spiro atoms. The van der Waals surface area contributed by atoms with Gasteiger partial charge in [0.15, 0.2) is 0 Å². The maximum atomic E-state index is 3.74. The average Bonchev–Trinajstić information content (AvgIpc) is 2.41. The van der Waals surface area contributed by atoms with Crippen LogP contribution in [0.3, 0.4) is 0 Å². The first-order chi connectivity index (χ1) is 9.11. The van der Waals surface area contributed by atoms with Gasteiger partial charge < -0.3 is 5.32 Å². The number of hydrogen-bond acceptors (Lipinski definition) is 2. The van der Waals surface area contributed by atoms with E-state index in [1.165, 1.54) is 45.2 Å². The first-order valence-electron chi connectivity index (χ1n) is 8.59. The predicted molar refractivity (Wildman–Crippen MR) is 83.4 cm³/mol. The fourth-order valence-electron chi connectivity index (χ4n) is 4.17. The second-order valence-electron chi connectivity index (χ2n) is 7.27. The first-order valence-corrected chi connectivity index (χ1v) is 8.59. The SMILES string of the molecule is CCNC1CCC(C)CC1N1CCC(C(C)C)CC1. The van der Waals surface area contributed by atoms with Crippen molar-refractivity contribution in [2.24, 2.45) is 17.8 Å². The highest BCUT2D eigenvalue weighted by atomic mass is 15.2. The summed E-state index contributed by atoms with van der Waals surface area (Å²) in [5.74, 6) is 2.76. The Kier molecular flexibility index (Phi) is 5.70. The molecule has 0 aromatic carbocycles. The van der Waals surface area contributed by atoms with E-state index in [-0.39, 0.29) is 0 Å². The van der Waals surface area contributed by atoms with Crippen molar-refractivity contribution in [3.8, 4) is 0 Å². The Morgan fingerprint density at radius 3 is 2.37 bits per heavy atom. The Labute approximate surface area is 120 Å². The zero-order chi connectivity index (χ0) is 13.8. The van der Waals surface area contributed by atoms with E-state index in [0.29, 0.717) is 0 Å². The molecule has 2 fully saturated rings. The molecule has 0 aromatic rings. The first kappa shape index (κ1) is 15.3. The molecule has 1 saturated carbocycles. The van der Waals surface area contributed by atoms with Crippen LogP contribution in [0.15, 0.2) is 0 Å². The molecule has 2 nitrogen and oxygen atoms in total. The van der Waals surface area contributed by atoms with Gasteiger partial charge in [0.2, 0.25) is 0 Å². The third kappa shape index (κ3) is 3.95. The molecule has 0 radical (unpaired) electrons. The lowest BCUT2D eigenvalue weighted by Gasteiger charge is -2.45. The summed E-state index contributed by atoms with van der Waals surface area (Å²) >= 11 is 0. The van der Waals surface area contributed by atoms with Crippen LogP contribution in [-0.4, -0.2) is 36.6 Å². The minimum Gasteiger partial charge on any atom is -0.313 e. The van der Waals surface area contributed by atoms with Gasteiger partial charge in [0.1, 0.15) is 0 Å². The molecule has 0 bridgehead atoms. The van der Waals surface area contributed by atoms with Crippen LogP contribution in [0.2, 0.25) is 0 Å². The van der Waals surface area contributed by atoms with Crippen molar-refractivity contribution in [2.45, 2.75) is 71.9 Å². The molecule has 1 aliphatic carbocycles. The van der Waals surface area contributed by atoms with Crippen molar-refractivity contribution in [3.05, 3.63) is 0 Å². The minimum absolute atomic E-state index is 0.747. The van der Waals surface area contributed by atoms with E-state index < -0.39 is 0 Å². The zero-order valence-corrected chi connectivity index (χ0v) is 13.5. The summed E-state index contributed by atoms with van der Waals surface area (Å²) in [4.78, 5) is 2.81. The van der Waals surface area contributed by atoms with Crippen LogP contribution in [0.25, 0.3) is 0 Å². The molecule has 1 heterocycles. The monoisotopic (exact) mass is 266 g/mol. The van der Waals surface area contributed by atoms with Crippen LogP contribution in [0.4, 0.5) is 0 Å². The van der Waals surface area contributed by atoms with Crippen molar-refractivity contribution >= 4 is 0 Å². The third-order valence-corrected chi connectivity index (χ3v) is 5.53. The lowest BCUT2D eigenvalue weighted by atomic mass is 9.80. The highest BCUT2D eigenvalue weighted by Crippen LogP contribution is 2.32. The number of likely N-dealkylation sites (N-methyl/N-ethyl adjacent to an activating group) is 1. The summed E-state index contributed by atoms with van der Waals surface area (Å²) in [5, 5.41) is 3.74. The Balaban J connectivity index is 1.91. The van der Waals surface area contributed by atoms with Gasteiger partial charge >= 0.3 is 0 Å². The van der Waals surface area contributed by atoms with Gasteiger partial charge in [-0.1, -0.05) is 27.7 Å². The van der Waals surface area contributed by atoms with Gasteiger partial charge in [0.05, 0.1) is 0 Å². The summed E-state index contributed by atoms with van der Waals surface area (Å²) in [6, 6.07) is 1.55. The molecule has 19 heavy (non-hydrogen) atoms. The second kappa shape index (κ2) is 7.08. The van der Waals surface area contributed by atoms with E-state index >= 15 is 0 Å². The largest absolute Gasteiger partial charge is 0.313 e. The van der Waals surface area contributed by atoms with Crippen LogP contribution in [0.5, 0.6) is 0 Å². The number of nitrogens with zero attached hydrogens (tertiary/aromatic N) is 1. The second-order valence-corrected chi connectivity index (χ2v) is 7.27. The lowest BCUT2D eigenvalue weighted by molar-refractivity contribution is 0.0601. The maximum Gasteiger partial charge on any atom is 0.0251 e. The average molecular weight is 266 g/mol. The molecule has 1 N–H and O–H groups in total. The molecule has 3 atom stereocenters. The molecule has 0 amide bonds. The molecular formula is C17H34N2. The van der Waals surface area contributed by atoms with E-state index in [1.807, 2.05) is 0 Å². The Bertz CT molecular complexity index is 256. The fraction of sp³-hybridized carbons (Fsp3) is 1.00. The summed E-state index contributed by atoms with van der Waals surface area (Å²) in [6.07, 6.45) is 7.03. The van der Waals surface area contributed by atoms with Crippen LogP contribution >= 0.6 is 0 Å². The van der Waals surface area contributed by atoms with Crippen molar-refractivity contribution in [3.63, 3.8) is 0 Å². The molecule has 1 saturated heterocycles. The molecule has 112 valence electrons. The summed E-state index contributed by atoms with van der Waals surface area (Å²) in [7, 11) is 0. The quantitative estimate of drug-likeness (QED) is 0.837. The molecule has 2 rings (SSSR count). The van der Waals surface area contributed by atoms with Crippen molar-refractivity contribution < 1.29 is 0 Å². The van der Waals surface area contributed by atoms with Gasteiger partial charge in [-0.05, 0) is 69.5 Å². The van der Waals surface area contributed by atoms with E-state index in [4.69, 9.17) is 0 Å². The molecular weight excluding hydrogens is 232 g/mol. The molecule has 3 unspecified atom stereocenters. The maximum absolute atomic E-state index is 3.74. The third-order valence-electron chi connectivity index (χ3n) is 5.53. The molecule has 2 heteroatoms. The van der Waals surface area contributed by atoms with Gasteiger partial charge in [0, 0.05) is 12.1 Å². The van der Waals surface area contributed by atoms with Gasteiger partial charge in [0.25, 0.3) is 0 Å². The van der Waals surface area contributed by atoms with E-state index in [1.54, 1.807) is 0 Å². The number of piperidine rings is 1. The number of likely N-dealkylation sites (tertiary alicyclic amines) is 1. The molecule has 0 aromatic heterocycles. The van der Waals surface area contributed by atoms with Gasteiger partial charge in [-0.25, -0.2) is 0 Å². The summed E-state index contributed by atoms with van der Waals surface area (Å²) in [6.45, 7) is 13.3. The van der Waals surface area contributed by atoms with Gasteiger partial charge in [-0.15, -0.1) is 0 Å². The Morgan fingerprint density at radius 1 is 1.11 bits per heavy atom. The Hall–Kier alpha value is -0.0800. The van der Waals surface area contributed by atoms with Crippen molar-refractivity contribution in [2.75, 3.05) is 19.6 Å². The molecule has 1 aliphatic heterocycles. The van der Waals surface area contributed by atoms with E-state index in [9.17, 15) is 0 Å². The van der Waals surface area contributed by atoms with E-state index in [0.717, 1.165) is 36.4 Å². The minimum atomic E-state index is 0.747. The van der Waals surface area contributed by atoms with Gasteiger partial charge in [-0.2, -0.15) is 0 Å². The standard InChI is InChI=1S/C17H34N2/c1-5-18-16-7-6-14(4)12-17(16)19-10-8-15(9-11-19)13(2)3/h13-18H,5-12H2,1-4H3. The molecule has 2 aliphatic rings. The highest BCUT2D eigenvalue weighted by Gasteiger charge is 2.34. The highest BCUT2D eigenvalue weighted by molar-refractivity contribution is 4.92. The zero-order valence-electron chi connectivity index (χ0n) is 13.5. The normalized spacial score (nSPS) is 34.9. The van der Waals surface area contributed by atoms with Crippen LogP contribution in [0.1, 0.15) is 59.8 Å². The fourth-order valence-corrected chi connectivity index (χ4v) is 4.17. The number of nitrogens with one attached hydrogen (secondary N) is 1. The van der Waals surface area contributed by atoms with E-state index in [2.05, 4.69) is 37.9 Å². The topological polar surface area (TPSA) is 15.3 Å².